The molecule has 29 heavy (non-hydrogen) atoms. The van der Waals surface area contributed by atoms with Crippen molar-refractivity contribution in [3.05, 3.63) is 47.5 Å². The molecule has 0 saturated heterocycles. The van der Waals surface area contributed by atoms with E-state index < -0.39 is 17.4 Å². The summed E-state index contributed by atoms with van der Waals surface area (Å²) in [5.41, 5.74) is -0.0978. The van der Waals surface area contributed by atoms with Gasteiger partial charge in [-0.25, -0.2) is 0 Å². The molecule has 2 aliphatic rings. The summed E-state index contributed by atoms with van der Waals surface area (Å²) in [6.07, 6.45) is 0. The van der Waals surface area contributed by atoms with Gasteiger partial charge in [0.05, 0.1) is 6.54 Å². The molecule has 2 aromatic rings. The zero-order chi connectivity index (χ0) is 20.4. The SMILES string of the molecule is CC(O)(CNC(=O)C(=O)NCc1ccc2c(c1)OCO2)c1ccc2c(c1)OCO2. The Morgan fingerprint density at radius 2 is 1.48 bits per heavy atom. The molecule has 9 nitrogen and oxygen atoms in total. The van der Waals surface area contributed by atoms with Crippen molar-refractivity contribution in [2.24, 2.45) is 0 Å². The predicted molar refractivity (Wildman–Crippen MR) is 99.6 cm³/mol. The number of carbonyl (C=O) groups excluding carboxylic acids is 2. The molecule has 4 rings (SSSR count). The van der Waals surface area contributed by atoms with E-state index in [4.69, 9.17) is 18.9 Å². The van der Waals surface area contributed by atoms with Crippen molar-refractivity contribution < 1.29 is 33.6 Å². The Balaban J connectivity index is 1.30. The fourth-order valence-electron chi connectivity index (χ4n) is 2.98. The predicted octanol–water partition coefficient (Wildman–Crippen LogP) is 0.784. The first-order valence-electron chi connectivity index (χ1n) is 8.99. The fourth-order valence-corrected chi connectivity index (χ4v) is 2.98. The quantitative estimate of drug-likeness (QED) is 0.636. The lowest BCUT2D eigenvalue weighted by Crippen LogP contribution is -2.45. The van der Waals surface area contributed by atoms with Gasteiger partial charge in [0.25, 0.3) is 0 Å². The molecule has 1 atom stereocenters. The number of hydrogen-bond donors (Lipinski definition) is 3. The molecule has 1 unspecified atom stereocenters. The van der Waals surface area contributed by atoms with E-state index in [0.29, 0.717) is 28.6 Å². The minimum absolute atomic E-state index is 0.126. The minimum atomic E-state index is -1.39. The highest BCUT2D eigenvalue weighted by atomic mass is 16.7. The maximum atomic E-state index is 12.1. The van der Waals surface area contributed by atoms with E-state index in [1.807, 2.05) is 0 Å². The van der Waals surface area contributed by atoms with Crippen LogP contribution in [0, 0.1) is 0 Å². The first-order valence-corrected chi connectivity index (χ1v) is 8.99. The number of fused-ring (bicyclic) bond motifs is 2. The summed E-state index contributed by atoms with van der Waals surface area (Å²) in [4.78, 5) is 24.2. The van der Waals surface area contributed by atoms with Crippen molar-refractivity contribution in [1.29, 1.82) is 0 Å². The molecular formula is C20H20N2O7. The Labute approximate surface area is 166 Å². The molecule has 0 saturated carbocycles. The Bertz CT molecular complexity index is 958. The molecule has 2 heterocycles. The van der Waals surface area contributed by atoms with Crippen molar-refractivity contribution in [2.45, 2.75) is 19.1 Å². The van der Waals surface area contributed by atoms with Crippen LogP contribution in [0.5, 0.6) is 23.0 Å². The van der Waals surface area contributed by atoms with E-state index in [-0.39, 0.29) is 26.7 Å². The Kier molecular flexibility index (Phi) is 4.89. The molecule has 0 aliphatic carbocycles. The summed E-state index contributed by atoms with van der Waals surface area (Å²) in [7, 11) is 0. The van der Waals surface area contributed by atoms with E-state index in [9.17, 15) is 14.7 Å². The summed E-state index contributed by atoms with van der Waals surface area (Å²) < 4.78 is 21.1. The van der Waals surface area contributed by atoms with E-state index >= 15 is 0 Å². The number of amides is 2. The molecule has 152 valence electrons. The highest BCUT2D eigenvalue weighted by molar-refractivity contribution is 6.35. The van der Waals surface area contributed by atoms with Crippen molar-refractivity contribution >= 4 is 11.8 Å². The number of carbonyl (C=O) groups is 2. The van der Waals surface area contributed by atoms with Crippen LogP contribution in [0.3, 0.4) is 0 Å². The molecule has 2 amide bonds. The van der Waals surface area contributed by atoms with Crippen molar-refractivity contribution in [1.82, 2.24) is 10.6 Å². The first kappa shape index (κ1) is 18.9. The van der Waals surface area contributed by atoms with Crippen molar-refractivity contribution in [3.8, 4) is 23.0 Å². The smallest absolute Gasteiger partial charge is 0.309 e. The molecule has 9 heteroatoms. The van der Waals surface area contributed by atoms with E-state index in [1.54, 1.807) is 36.4 Å². The van der Waals surface area contributed by atoms with Gasteiger partial charge in [0.1, 0.15) is 5.60 Å². The first-order chi connectivity index (χ1) is 13.9. The van der Waals surface area contributed by atoms with E-state index in [1.165, 1.54) is 6.92 Å². The molecule has 0 radical (unpaired) electrons. The summed E-state index contributed by atoms with van der Waals surface area (Å²) in [5, 5.41) is 15.7. The Morgan fingerprint density at radius 1 is 0.897 bits per heavy atom. The molecule has 0 fully saturated rings. The van der Waals surface area contributed by atoms with Crippen LogP contribution in [0.4, 0.5) is 0 Å². The molecule has 0 bridgehead atoms. The largest absolute Gasteiger partial charge is 0.454 e. The number of benzene rings is 2. The van der Waals surface area contributed by atoms with E-state index in [2.05, 4.69) is 10.6 Å². The van der Waals surface area contributed by atoms with Gasteiger partial charge in [-0.05, 0) is 42.3 Å². The monoisotopic (exact) mass is 400 g/mol. The lowest BCUT2D eigenvalue weighted by atomic mass is 9.95. The summed E-state index contributed by atoms with van der Waals surface area (Å²) in [5.74, 6) is 0.715. The average molecular weight is 400 g/mol. The topological polar surface area (TPSA) is 115 Å². The lowest BCUT2D eigenvalue weighted by molar-refractivity contribution is -0.139. The van der Waals surface area contributed by atoms with Crippen LogP contribution in [0.2, 0.25) is 0 Å². The molecule has 0 aromatic heterocycles. The van der Waals surface area contributed by atoms with Crippen LogP contribution >= 0.6 is 0 Å². The third kappa shape index (κ3) is 4.04. The summed E-state index contributed by atoms with van der Waals surface area (Å²) >= 11 is 0. The van der Waals surface area contributed by atoms with Gasteiger partial charge in [-0.1, -0.05) is 12.1 Å². The van der Waals surface area contributed by atoms with Crippen LogP contribution < -0.4 is 29.6 Å². The maximum Gasteiger partial charge on any atom is 0.309 e. The van der Waals surface area contributed by atoms with Gasteiger partial charge in [0.15, 0.2) is 23.0 Å². The zero-order valence-corrected chi connectivity index (χ0v) is 15.7. The second kappa shape index (κ2) is 7.51. The molecular weight excluding hydrogens is 380 g/mol. The third-order valence-corrected chi connectivity index (χ3v) is 4.68. The van der Waals surface area contributed by atoms with Gasteiger partial charge >= 0.3 is 11.8 Å². The number of nitrogens with one attached hydrogen (secondary N) is 2. The molecule has 3 N–H and O–H groups in total. The van der Waals surface area contributed by atoms with E-state index in [0.717, 1.165) is 5.56 Å². The number of ether oxygens (including phenoxy) is 4. The number of hydrogen-bond acceptors (Lipinski definition) is 7. The molecule has 2 aliphatic heterocycles. The summed E-state index contributed by atoms with van der Waals surface area (Å²) in [6, 6.07) is 10.3. The van der Waals surface area contributed by atoms with Crippen LogP contribution in [0.15, 0.2) is 36.4 Å². The van der Waals surface area contributed by atoms with Gasteiger partial charge in [-0.3, -0.25) is 9.59 Å². The van der Waals surface area contributed by atoms with Crippen LogP contribution in [-0.4, -0.2) is 37.1 Å². The van der Waals surface area contributed by atoms with Gasteiger partial charge < -0.3 is 34.7 Å². The fraction of sp³-hybridized carbons (Fsp3) is 0.300. The number of rotatable bonds is 5. The lowest BCUT2D eigenvalue weighted by Gasteiger charge is -2.24. The Morgan fingerprint density at radius 3 is 2.21 bits per heavy atom. The van der Waals surface area contributed by atoms with Crippen LogP contribution in [-0.2, 0) is 21.7 Å². The van der Waals surface area contributed by atoms with Gasteiger partial charge in [0, 0.05) is 6.54 Å². The van der Waals surface area contributed by atoms with Gasteiger partial charge in [-0.2, -0.15) is 0 Å². The molecule has 2 aromatic carbocycles. The van der Waals surface area contributed by atoms with Crippen molar-refractivity contribution in [3.63, 3.8) is 0 Å². The third-order valence-electron chi connectivity index (χ3n) is 4.68. The molecule has 0 spiro atoms. The zero-order valence-electron chi connectivity index (χ0n) is 15.7. The second-order valence-electron chi connectivity index (χ2n) is 6.89. The Hall–Kier alpha value is -3.46. The van der Waals surface area contributed by atoms with Crippen molar-refractivity contribution in [2.75, 3.05) is 20.1 Å². The standard InChI is InChI=1S/C20H20N2O7/c1-20(25,13-3-5-15-17(7-13)29-11-27-15)9-22-19(24)18(23)21-8-12-2-4-14-16(6-12)28-10-26-14/h2-7,25H,8-11H2,1H3,(H,21,23)(H,22,24). The number of aliphatic hydroxyl groups is 1. The summed E-state index contributed by atoms with van der Waals surface area (Å²) in [6.45, 7) is 1.83. The average Bonchev–Trinajstić information content (AvgIpc) is 3.38. The highest BCUT2D eigenvalue weighted by Gasteiger charge is 2.27. The minimum Gasteiger partial charge on any atom is -0.454 e. The van der Waals surface area contributed by atoms with Gasteiger partial charge in [-0.15, -0.1) is 0 Å². The highest BCUT2D eigenvalue weighted by Crippen LogP contribution is 2.35. The maximum absolute atomic E-state index is 12.1. The van der Waals surface area contributed by atoms with Crippen LogP contribution in [0.25, 0.3) is 0 Å². The normalized spacial score (nSPS) is 15.5. The van der Waals surface area contributed by atoms with Gasteiger partial charge in [0.2, 0.25) is 13.6 Å². The van der Waals surface area contributed by atoms with Crippen LogP contribution in [0.1, 0.15) is 18.1 Å². The second-order valence-corrected chi connectivity index (χ2v) is 6.89.